The van der Waals surface area contributed by atoms with E-state index in [-0.39, 0.29) is 12.4 Å². The molecule has 1 unspecified atom stereocenters. The zero-order valence-electron chi connectivity index (χ0n) is 11.4. The lowest BCUT2D eigenvalue weighted by Gasteiger charge is -2.15. The van der Waals surface area contributed by atoms with E-state index < -0.39 is 17.9 Å². The van der Waals surface area contributed by atoms with E-state index in [9.17, 15) is 9.59 Å². The van der Waals surface area contributed by atoms with Crippen molar-refractivity contribution >= 4 is 17.8 Å². The molecule has 0 aliphatic heterocycles. The van der Waals surface area contributed by atoms with Crippen LogP contribution in [0.25, 0.3) is 6.08 Å². The molecule has 0 aliphatic carbocycles. The lowest BCUT2D eigenvalue weighted by Crippen LogP contribution is -2.35. The number of Topliss-reactive ketones (excluding diaryl/α,β-unsaturated/α-hetero) is 1. The van der Waals surface area contributed by atoms with Crippen LogP contribution in [-0.4, -0.2) is 24.5 Å². The zero-order chi connectivity index (χ0) is 15.1. The lowest BCUT2D eigenvalue weighted by atomic mass is 10.1. The second kappa shape index (κ2) is 7.10. The molecule has 0 radical (unpaired) electrons. The Labute approximate surface area is 117 Å². The molecule has 0 spiro atoms. The number of nitrogens with zero attached hydrogens (tertiary/aromatic N) is 1. The summed E-state index contributed by atoms with van der Waals surface area (Å²) in [5.74, 6) is -0.972. The number of hydrogen-bond acceptors (Lipinski definition) is 5. The van der Waals surface area contributed by atoms with Crippen molar-refractivity contribution in [3.05, 3.63) is 35.9 Å². The maximum absolute atomic E-state index is 11.6. The molecule has 1 atom stereocenters. The third kappa shape index (κ3) is 3.95. The summed E-state index contributed by atoms with van der Waals surface area (Å²) in [6, 6.07) is 6.62. The van der Waals surface area contributed by atoms with Crippen LogP contribution in [0.3, 0.4) is 0 Å². The number of hydrogen-bond donors (Lipinski definition) is 0. The monoisotopic (exact) mass is 273 g/mol. The average molecular weight is 273 g/mol. The number of rotatable bonds is 6. The van der Waals surface area contributed by atoms with E-state index in [0.29, 0.717) is 11.1 Å². The van der Waals surface area contributed by atoms with Crippen LogP contribution in [0.1, 0.15) is 25.0 Å². The van der Waals surface area contributed by atoms with Crippen LogP contribution >= 0.6 is 0 Å². The molecule has 1 aromatic rings. The Morgan fingerprint density at radius 3 is 2.65 bits per heavy atom. The third-order valence-electron chi connectivity index (χ3n) is 2.42. The number of carbonyl (C=O) groups excluding carboxylic acids is 2. The Kier molecular flexibility index (Phi) is 5.48. The second-order valence-corrected chi connectivity index (χ2v) is 3.97. The standard InChI is InChI=1S/C15H15NO4/c1-4-11-6-12(9-16)8-13(7-11)20-14(10(3)17)15(18)19-5-2/h4,6-8,14H,1,5H2,2-3H3. The maximum atomic E-state index is 11.6. The minimum Gasteiger partial charge on any atom is -0.471 e. The molecule has 5 heteroatoms. The van der Waals surface area contributed by atoms with Crippen molar-refractivity contribution in [3.8, 4) is 11.8 Å². The third-order valence-corrected chi connectivity index (χ3v) is 2.42. The van der Waals surface area contributed by atoms with Crippen molar-refractivity contribution in [2.24, 2.45) is 0 Å². The fourth-order valence-electron chi connectivity index (χ4n) is 1.52. The summed E-state index contributed by atoms with van der Waals surface area (Å²) in [5.41, 5.74) is 1.01. The molecule has 20 heavy (non-hydrogen) atoms. The zero-order valence-corrected chi connectivity index (χ0v) is 11.4. The predicted octanol–water partition coefficient (Wildman–Crippen LogP) is 2.10. The molecule has 0 amide bonds. The molecule has 0 saturated carbocycles. The number of nitriles is 1. The van der Waals surface area contributed by atoms with Gasteiger partial charge in [0.2, 0.25) is 0 Å². The van der Waals surface area contributed by atoms with E-state index in [2.05, 4.69) is 6.58 Å². The summed E-state index contributed by atoms with van der Waals surface area (Å²) in [4.78, 5) is 23.1. The van der Waals surface area contributed by atoms with Gasteiger partial charge in [0.15, 0.2) is 5.78 Å². The highest BCUT2D eigenvalue weighted by molar-refractivity contribution is 6.01. The first-order valence-electron chi connectivity index (χ1n) is 6.03. The number of esters is 1. The molecule has 1 aromatic carbocycles. The van der Waals surface area contributed by atoms with Gasteiger partial charge < -0.3 is 9.47 Å². The van der Waals surface area contributed by atoms with Gasteiger partial charge in [-0.1, -0.05) is 12.7 Å². The van der Waals surface area contributed by atoms with Crippen molar-refractivity contribution in [2.45, 2.75) is 20.0 Å². The van der Waals surface area contributed by atoms with Gasteiger partial charge in [-0.05, 0) is 37.6 Å². The summed E-state index contributed by atoms with van der Waals surface area (Å²) < 4.78 is 10.1. The van der Waals surface area contributed by atoms with Crippen molar-refractivity contribution in [1.82, 2.24) is 0 Å². The average Bonchev–Trinajstić information content (AvgIpc) is 2.44. The lowest BCUT2D eigenvalue weighted by molar-refractivity contribution is -0.154. The van der Waals surface area contributed by atoms with E-state index >= 15 is 0 Å². The summed E-state index contributed by atoms with van der Waals surface area (Å²) in [6.07, 6.45) is 0.211. The van der Waals surface area contributed by atoms with E-state index in [0.717, 1.165) is 0 Å². The van der Waals surface area contributed by atoms with Gasteiger partial charge in [0.1, 0.15) is 5.75 Å². The Bertz CT molecular complexity index is 572. The van der Waals surface area contributed by atoms with Gasteiger partial charge in [-0.15, -0.1) is 0 Å². The number of ether oxygens (including phenoxy) is 2. The molecule has 0 fully saturated rings. The quantitative estimate of drug-likeness (QED) is 0.586. The van der Waals surface area contributed by atoms with E-state index in [1.807, 2.05) is 6.07 Å². The summed E-state index contributed by atoms with van der Waals surface area (Å²) in [7, 11) is 0. The molecular formula is C15H15NO4. The summed E-state index contributed by atoms with van der Waals surface area (Å²) in [5, 5.41) is 8.92. The molecule has 0 aliphatic rings. The van der Waals surface area contributed by atoms with Crippen LogP contribution < -0.4 is 4.74 Å². The first-order chi connectivity index (χ1) is 9.51. The fraction of sp³-hybridized carbons (Fsp3) is 0.267. The molecule has 0 bridgehead atoms. The first-order valence-corrected chi connectivity index (χ1v) is 6.03. The Morgan fingerprint density at radius 2 is 2.15 bits per heavy atom. The van der Waals surface area contributed by atoms with Gasteiger partial charge in [-0.3, -0.25) is 4.79 Å². The van der Waals surface area contributed by atoms with Crippen molar-refractivity contribution in [1.29, 1.82) is 5.26 Å². The molecule has 0 aromatic heterocycles. The molecule has 104 valence electrons. The van der Waals surface area contributed by atoms with Crippen molar-refractivity contribution < 1.29 is 19.1 Å². The summed E-state index contributed by atoms with van der Waals surface area (Å²) >= 11 is 0. The maximum Gasteiger partial charge on any atom is 0.355 e. The van der Waals surface area contributed by atoms with Crippen molar-refractivity contribution in [2.75, 3.05) is 6.61 Å². The van der Waals surface area contributed by atoms with Gasteiger partial charge in [-0.2, -0.15) is 5.26 Å². The van der Waals surface area contributed by atoms with Gasteiger partial charge in [-0.25, -0.2) is 4.79 Å². The Balaban J connectivity index is 3.05. The highest BCUT2D eigenvalue weighted by Gasteiger charge is 2.27. The van der Waals surface area contributed by atoms with Crippen molar-refractivity contribution in [3.63, 3.8) is 0 Å². The SMILES string of the molecule is C=Cc1cc(C#N)cc(OC(C(C)=O)C(=O)OCC)c1. The van der Waals surface area contributed by atoms with E-state index in [1.54, 1.807) is 25.1 Å². The Morgan fingerprint density at radius 1 is 1.45 bits per heavy atom. The smallest absolute Gasteiger partial charge is 0.355 e. The molecule has 1 rings (SSSR count). The van der Waals surface area contributed by atoms with Crippen LogP contribution in [0.4, 0.5) is 0 Å². The molecule has 5 nitrogen and oxygen atoms in total. The molecule has 0 N–H and O–H groups in total. The molecular weight excluding hydrogens is 258 g/mol. The fourth-order valence-corrected chi connectivity index (χ4v) is 1.52. The number of benzene rings is 1. The van der Waals surface area contributed by atoms with Crippen LogP contribution in [0.5, 0.6) is 5.75 Å². The first kappa shape index (κ1) is 15.4. The Hall–Kier alpha value is -2.61. The van der Waals surface area contributed by atoms with Gasteiger partial charge in [0.05, 0.1) is 18.2 Å². The normalized spacial score (nSPS) is 11.1. The van der Waals surface area contributed by atoms with Gasteiger partial charge in [0, 0.05) is 0 Å². The minimum atomic E-state index is -1.33. The van der Waals surface area contributed by atoms with Crippen LogP contribution in [0, 0.1) is 11.3 Å². The van der Waals surface area contributed by atoms with Gasteiger partial charge in [0.25, 0.3) is 6.10 Å². The second-order valence-electron chi connectivity index (χ2n) is 3.97. The highest BCUT2D eigenvalue weighted by atomic mass is 16.6. The molecule has 0 heterocycles. The van der Waals surface area contributed by atoms with E-state index in [4.69, 9.17) is 14.7 Å². The van der Waals surface area contributed by atoms with Crippen LogP contribution in [0.15, 0.2) is 24.8 Å². The molecule has 0 saturated heterocycles. The highest BCUT2D eigenvalue weighted by Crippen LogP contribution is 2.19. The number of carbonyl (C=O) groups is 2. The summed E-state index contributed by atoms with van der Waals surface area (Å²) in [6.45, 7) is 6.64. The van der Waals surface area contributed by atoms with E-state index in [1.165, 1.54) is 13.0 Å². The minimum absolute atomic E-state index is 0.155. The predicted molar refractivity (Wildman–Crippen MR) is 73.0 cm³/mol. The number of ketones is 1. The van der Waals surface area contributed by atoms with Gasteiger partial charge >= 0.3 is 5.97 Å². The van der Waals surface area contributed by atoms with Crippen LogP contribution in [-0.2, 0) is 14.3 Å². The topological polar surface area (TPSA) is 76.4 Å². The largest absolute Gasteiger partial charge is 0.471 e. The van der Waals surface area contributed by atoms with Crippen LogP contribution in [0.2, 0.25) is 0 Å².